The zero-order valence-electron chi connectivity index (χ0n) is 12.0. The SMILES string of the molecule is CCCCCCn1c(CCCl)nc2cc(C)ccc21. The maximum Gasteiger partial charge on any atom is 0.111 e. The monoisotopic (exact) mass is 278 g/mol. The number of halogens is 1. The zero-order valence-corrected chi connectivity index (χ0v) is 12.7. The fourth-order valence-corrected chi connectivity index (χ4v) is 2.68. The average molecular weight is 279 g/mol. The van der Waals surface area contributed by atoms with Gasteiger partial charge in [0.05, 0.1) is 11.0 Å². The van der Waals surface area contributed by atoms with E-state index in [9.17, 15) is 0 Å². The van der Waals surface area contributed by atoms with Crippen LogP contribution in [0.1, 0.15) is 44.0 Å². The number of aromatic nitrogens is 2. The summed E-state index contributed by atoms with van der Waals surface area (Å²) in [5.74, 6) is 1.77. The van der Waals surface area contributed by atoms with Gasteiger partial charge in [-0.25, -0.2) is 4.98 Å². The Labute approximate surface area is 120 Å². The molecule has 19 heavy (non-hydrogen) atoms. The lowest BCUT2D eigenvalue weighted by Gasteiger charge is -2.08. The molecule has 0 atom stereocenters. The summed E-state index contributed by atoms with van der Waals surface area (Å²) in [6, 6.07) is 6.52. The number of alkyl halides is 1. The molecule has 0 radical (unpaired) electrons. The number of unbranched alkanes of at least 4 members (excludes halogenated alkanes) is 3. The van der Waals surface area contributed by atoms with Crippen molar-refractivity contribution in [3.05, 3.63) is 29.6 Å². The molecule has 0 aliphatic heterocycles. The fourth-order valence-electron chi connectivity index (χ4n) is 2.51. The second-order valence-corrected chi connectivity index (χ2v) is 5.55. The maximum atomic E-state index is 5.90. The number of imidazole rings is 1. The van der Waals surface area contributed by atoms with Crippen molar-refractivity contribution >= 4 is 22.6 Å². The van der Waals surface area contributed by atoms with Crippen LogP contribution in [0.15, 0.2) is 18.2 Å². The third kappa shape index (κ3) is 3.50. The van der Waals surface area contributed by atoms with Crippen molar-refractivity contribution in [1.82, 2.24) is 9.55 Å². The number of rotatable bonds is 7. The molecular weight excluding hydrogens is 256 g/mol. The van der Waals surface area contributed by atoms with Gasteiger partial charge in [0.2, 0.25) is 0 Å². The first-order valence-corrected chi connectivity index (χ1v) is 7.81. The molecule has 2 aromatic rings. The largest absolute Gasteiger partial charge is 0.328 e. The summed E-state index contributed by atoms with van der Waals surface area (Å²) < 4.78 is 2.35. The second kappa shape index (κ2) is 6.95. The van der Waals surface area contributed by atoms with E-state index in [4.69, 9.17) is 16.6 Å². The Morgan fingerprint density at radius 3 is 2.79 bits per heavy atom. The van der Waals surface area contributed by atoms with Gasteiger partial charge in [-0.2, -0.15) is 0 Å². The molecule has 0 fully saturated rings. The Balaban J connectivity index is 2.24. The molecule has 1 aromatic carbocycles. The predicted octanol–water partition coefficient (Wildman–Crippen LogP) is 4.71. The van der Waals surface area contributed by atoms with Crippen molar-refractivity contribution in [2.75, 3.05) is 5.88 Å². The van der Waals surface area contributed by atoms with E-state index in [0.717, 1.165) is 24.3 Å². The first-order valence-electron chi connectivity index (χ1n) is 7.28. The minimum Gasteiger partial charge on any atom is -0.328 e. The molecule has 0 aliphatic carbocycles. The van der Waals surface area contributed by atoms with E-state index in [-0.39, 0.29) is 0 Å². The van der Waals surface area contributed by atoms with Crippen molar-refractivity contribution in [3.63, 3.8) is 0 Å². The number of hydrogen-bond donors (Lipinski definition) is 0. The highest BCUT2D eigenvalue weighted by molar-refractivity contribution is 6.17. The lowest BCUT2D eigenvalue weighted by atomic mass is 10.2. The molecule has 1 aromatic heterocycles. The molecule has 0 saturated heterocycles. The van der Waals surface area contributed by atoms with Crippen molar-refractivity contribution in [1.29, 1.82) is 0 Å². The molecule has 0 spiro atoms. The summed E-state index contributed by atoms with van der Waals surface area (Å²) in [6.07, 6.45) is 5.96. The molecule has 0 amide bonds. The van der Waals surface area contributed by atoms with Gasteiger partial charge in [-0.3, -0.25) is 0 Å². The molecule has 0 aliphatic rings. The summed E-state index contributed by atoms with van der Waals surface area (Å²) in [5.41, 5.74) is 3.62. The normalized spacial score (nSPS) is 11.3. The summed E-state index contributed by atoms with van der Waals surface area (Å²) in [6.45, 7) is 5.42. The summed E-state index contributed by atoms with van der Waals surface area (Å²) in [7, 11) is 0. The van der Waals surface area contributed by atoms with Gasteiger partial charge in [0.25, 0.3) is 0 Å². The first-order chi connectivity index (χ1) is 9.26. The molecule has 0 bridgehead atoms. The van der Waals surface area contributed by atoms with Crippen molar-refractivity contribution in [2.45, 2.75) is 52.5 Å². The highest BCUT2D eigenvalue weighted by Crippen LogP contribution is 2.19. The van der Waals surface area contributed by atoms with Gasteiger partial charge in [0.1, 0.15) is 5.82 Å². The van der Waals surface area contributed by atoms with Gasteiger partial charge in [-0.15, -0.1) is 11.6 Å². The van der Waals surface area contributed by atoms with E-state index in [1.54, 1.807) is 0 Å². The molecule has 0 saturated carbocycles. The lowest BCUT2D eigenvalue weighted by molar-refractivity contribution is 0.576. The van der Waals surface area contributed by atoms with Gasteiger partial charge in [0.15, 0.2) is 0 Å². The zero-order chi connectivity index (χ0) is 13.7. The van der Waals surface area contributed by atoms with Crippen molar-refractivity contribution in [2.24, 2.45) is 0 Å². The maximum absolute atomic E-state index is 5.90. The highest BCUT2D eigenvalue weighted by Gasteiger charge is 2.09. The Bertz CT molecular complexity index is 531. The number of benzene rings is 1. The van der Waals surface area contributed by atoms with E-state index in [1.807, 2.05) is 0 Å². The van der Waals surface area contributed by atoms with E-state index < -0.39 is 0 Å². The van der Waals surface area contributed by atoms with Crippen LogP contribution in [0.4, 0.5) is 0 Å². The van der Waals surface area contributed by atoms with E-state index >= 15 is 0 Å². The van der Waals surface area contributed by atoms with Gasteiger partial charge < -0.3 is 4.57 Å². The molecule has 2 nitrogen and oxygen atoms in total. The van der Waals surface area contributed by atoms with Crippen LogP contribution >= 0.6 is 11.6 Å². The van der Waals surface area contributed by atoms with Crippen LogP contribution in [-0.2, 0) is 13.0 Å². The second-order valence-electron chi connectivity index (χ2n) is 5.17. The van der Waals surface area contributed by atoms with E-state index in [0.29, 0.717) is 5.88 Å². The van der Waals surface area contributed by atoms with Crippen molar-refractivity contribution < 1.29 is 0 Å². The molecular formula is C16H23ClN2. The molecule has 104 valence electrons. The Morgan fingerprint density at radius 2 is 2.05 bits per heavy atom. The molecule has 0 N–H and O–H groups in total. The summed E-state index contributed by atoms with van der Waals surface area (Å²) >= 11 is 5.90. The van der Waals surface area contributed by atoms with Gasteiger partial charge in [-0.1, -0.05) is 32.3 Å². The standard InChI is InChI=1S/C16H23ClN2/c1-3-4-5-6-11-19-15-8-7-13(2)12-14(15)18-16(19)9-10-17/h7-8,12H,3-6,9-11H2,1-2H3. The lowest BCUT2D eigenvalue weighted by Crippen LogP contribution is -2.05. The summed E-state index contributed by atoms with van der Waals surface area (Å²) in [5, 5.41) is 0. The third-order valence-electron chi connectivity index (χ3n) is 3.54. The van der Waals surface area contributed by atoms with E-state index in [2.05, 4.69) is 36.6 Å². The molecule has 3 heteroatoms. The fraction of sp³-hybridized carbons (Fsp3) is 0.562. The number of hydrogen-bond acceptors (Lipinski definition) is 1. The van der Waals surface area contributed by atoms with Crippen LogP contribution in [0.2, 0.25) is 0 Å². The van der Waals surface area contributed by atoms with Crippen LogP contribution in [0, 0.1) is 6.92 Å². The average Bonchev–Trinajstić information content (AvgIpc) is 2.72. The van der Waals surface area contributed by atoms with Gasteiger partial charge in [-0.05, 0) is 31.0 Å². The summed E-state index contributed by atoms with van der Waals surface area (Å²) in [4.78, 5) is 4.74. The third-order valence-corrected chi connectivity index (χ3v) is 3.73. The number of nitrogens with zero attached hydrogens (tertiary/aromatic N) is 2. The van der Waals surface area contributed by atoms with Crippen molar-refractivity contribution in [3.8, 4) is 0 Å². The topological polar surface area (TPSA) is 17.8 Å². The van der Waals surface area contributed by atoms with Gasteiger partial charge >= 0.3 is 0 Å². The van der Waals surface area contributed by atoms with Crippen LogP contribution < -0.4 is 0 Å². The van der Waals surface area contributed by atoms with Crippen LogP contribution in [0.3, 0.4) is 0 Å². The number of fused-ring (bicyclic) bond motifs is 1. The highest BCUT2D eigenvalue weighted by atomic mass is 35.5. The molecule has 2 rings (SSSR count). The minimum atomic E-state index is 0.636. The van der Waals surface area contributed by atoms with Gasteiger partial charge in [0, 0.05) is 18.8 Å². The smallest absolute Gasteiger partial charge is 0.111 e. The van der Waals surface area contributed by atoms with Crippen LogP contribution in [0.5, 0.6) is 0 Å². The Morgan fingerprint density at radius 1 is 1.21 bits per heavy atom. The van der Waals surface area contributed by atoms with Crippen LogP contribution in [-0.4, -0.2) is 15.4 Å². The first kappa shape index (κ1) is 14.4. The predicted molar refractivity (Wildman–Crippen MR) is 83.0 cm³/mol. The Hall–Kier alpha value is -1.02. The quantitative estimate of drug-likeness (QED) is 0.530. The minimum absolute atomic E-state index is 0.636. The molecule has 0 unspecified atom stereocenters. The van der Waals surface area contributed by atoms with E-state index in [1.165, 1.54) is 36.8 Å². The number of aryl methyl sites for hydroxylation is 3. The molecule has 1 heterocycles. The Kier molecular flexibility index (Phi) is 5.26. The van der Waals surface area contributed by atoms with Crippen LogP contribution in [0.25, 0.3) is 11.0 Å².